The molecule has 0 aromatic carbocycles. The fourth-order valence-electron chi connectivity index (χ4n) is 2.35. The lowest BCUT2D eigenvalue weighted by Gasteiger charge is -2.03. The predicted octanol–water partition coefficient (Wildman–Crippen LogP) is 1.60. The van der Waals surface area contributed by atoms with Crippen LogP contribution >= 0.6 is 11.6 Å². The lowest BCUT2D eigenvalue weighted by Crippen LogP contribution is -2.24. The van der Waals surface area contributed by atoms with Crippen LogP contribution in [0.2, 0.25) is 5.15 Å². The zero-order valence-corrected chi connectivity index (χ0v) is 12.0. The summed E-state index contributed by atoms with van der Waals surface area (Å²) in [5.41, 5.74) is 1.70. The van der Waals surface area contributed by atoms with Crippen molar-refractivity contribution in [2.75, 3.05) is 0 Å². The van der Waals surface area contributed by atoms with E-state index in [9.17, 15) is 9.90 Å². The molecular weight excluding hydrogens is 290 g/mol. The topological polar surface area (TPSA) is 62.0 Å². The van der Waals surface area contributed by atoms with Gasteiger partial charge in [-0.1, -0.05) is 23.7 Å². The van der Waals surface area contributed by atoms with E-state index in [1.54, 1.807) is 35.2 Å². The van der Waals surface area contributed by atoms with Crippen LogP contribution in [0.15, 0.2) is 42.7 Å². The van der Waals surface area contributed by atoms with Crippen molar-refractivity contribution in [3.8, 4) is 5.88 Å². The van der Waals surface area contributed by atoms with Crippen molar-refractivity contribution in [2.45, 2.75) is 13.5 Å². The van der Waals surface area contributed by atoms with Gasteiger partial charge in [-0.05, 0) is 12.1 Å². The summed E-state index contributed by atoms with van der Waals surface area (Å²) in [6.45, 7) is 1.78. The van der Waals surface area contributed by atoms with Gasteiger partial charge in [0.25, 0.3) is 5.65 Å². The van der Waals surface area contributed by atoms with Gasteiger partial charge in [-0.15, -0.1) is 0 Å². The van der Waals surface area contributed by atoms with Crippen LogP contribution in [0.5, 0.6) is 5.88 Å². The highest BCUT2D eigenvalue weighted by Crippen LogP contribution is 2.18. The van der Waals surface area contributed by atoms with Crippen LogP contribution in [0.4, 0.5) is 0 Å². The lowest BCUT2D eigenvalue weighted by molar-refractivity contribution is -0.582. The van der Waals surface area contributed by atoms with Gasteiger partial charge in [-0.2, -0.15) is 0 Å². The number of hydrogen-bond donors (Lipinski definition) is 0. The SMILES string of the molecule is CC(=O)c1c([O-])[n+]2ccccc2n1Cc1ccc(Cl)nc1. The van der Waals surface area contributed by atoms with Crippen LogP contribution in [-0.4, -0.2) is 15.3 Å². The Morgan fingerprint density at radius 3 is 2.86 bits per heavy atom. The maximum absolute atomic E-state index is 12.3. The number of carbonyl (C=O) groups is 1. The molecule has 3 aromatic rings. The number of pyridine rings is 2. The number of imidazole rings is 1. The minimum absolute atomic E-state index is 0.163. The zero-order valence-electron chi connectivity index (χ0n) is 11.3. The number of nitrogens with zero attached hydrogens (tertiary/aromatic N) is 3. The fourth-order valence-corrected chi connectivity index (χ4v) is 2.46. The predicted molar refractivity (Wildman–Crippen MR) is 75.4 cm³/mol. The van der Waals surface area contributed by atoms with Crippen LogP contribution in [0, 0.1) is 0 Å². The van der Waals surface area contributed by atoms with Crippen molar-refractivity contribution in [1.29, 1.82) is 0 Å². The van der Waals surface area contributed by atoms with E-state index in [1.165, 1.54) is 11.3 Å². The molecular formula is C15H12ClN3O2. The van der Waals surface area contributed by atoms with E-state index in [-0.39, 0.29) is 17.4 Å². The summed E-state index contributed by atoms with van der Waals surface area (Å²) in [5.74, 6) is -0.564. The smallest absolute Gasteiger partial charge is 0.286 e. The standard InChI is InChI=1S/C15H12ClN3O2/c1-10(20)14-15(21)18-7-3-2-4-13(18)19(14)9-11-5-6-12(16)17-8-11/h2-8H,9H2,1H3. The Labute approximate surface area is 126 Å². The van der Waals surface area contributed by atoms with Crippen LogP contribution in [-0.2, 0) is 6.54 Å². The normalized spacial score (nSPS) is 11.0. The molecule has 3 heterocycles. The molecule has 0 unspecified atom stereocenters. The second-order valence-corrected chi connectivity index (χ2v) is 5.10. The Hall–Kier alpha value is -2.40. The third-order valence-electron chi connectivity index (χ3n) is 3.27. The molecule has 3 aromatic heterocycles. The van der Waals surface area contributed by atoms with Crippen LogP contribution < -0.4 is 9.51 Å². The minimum Gasteiger partial charge on any atom is -0.839 e. The summed E-state index contributed by atoms with van der Waals surface area (Å²) in [6.07, 6.45) is 3.29. The molecule has 0 bridgehead atoms. The number of fused-ring (bicyclic) bond motifs is 1. The third-order valence-corrected chi connectivity index (χ3v) is 3.49. The van der Waals surface area contributed by atoms with Crippen LogP contribution in [0.25, 0.3) is 5.65 Å². The molecule has 5 nitrogen and oxygen atoms in total. The lowest BCUT2D eigenvalue weighted by atomic mass is 10.2. The number of Topliss-reactive ketones (excluding diaryl/α,β-unsaturated/α-hetero) is 1. The maximum Gasteiger partial charge on any atom is 0.286 e. The van der Waals surface area contributed by atoms with E-state index < -0.39 is 0 Å². The highest BCUT2D eigenvalue weighted by molar-refractivity contribution is 6.29. The largest absolute Gasteiger partial charge is 0.839 e. The van der Waals surface area contributed by atoms with Gasteiger partial charge < -0.3 is 5.11 Å². The molecule has 0 N–H and O–H groups in total. The van der Waals surface area contributed by atoms with E-state index in [2.05, 4.69) is 4.98 Å². The van der Waals surface area contributed by atoms with Gasteiger partial charge in [-0.25, -0.2) is 14.0 Å². The van der Waals surface area contributed by atoms with Crippen molar-refractivity contribution in [3.63, 3.8) is 0 Å². The first-order valence-corrected chi connectivity index (χ1v) is 6.77. The van der Waals surface area contributed by atoms with Gasteiger partial charge in [0.1, 0.15) is 17.6 Å². The average molecular weight is 302 g/mol. The molecule has 0 atom stereocenters. The molecule has 0 amide bonds. The number of rotatable bonds is 3. The second kappa shape index (κ2) is 5.18. The number of carbonyl (C=O) groups excluding carboxylic acids is 1. The molecule has 0 fully saturated rings. The summed E-state index contributed by atoms with van der Waals surface area (Å²) >= 11 is 5.77. The molecule has 0 aliphatic carbocycles. The average Bonchev–Trinajstić information content (AvgIpc) is 2.75. The van der Waals surface area contributed by atoms with Crippen molar-refractivity contribution >= 4 is 23.0 Å². The highest BCUT2D eigenvalue weighted by atomic mass is 35.5. The summed E-state index contributed by atoms with van der Waals surface area (Å²) in [6, 6.07) is 8.89. The number of halogens is 1. The number of hydrogen-bond acceptors (Lipinski definition) is 3. The van der Waals surface area contributed by atoms with Crippen molar-refractivity contribution in [3.05, 3.63) is 59.1 Å². The van der Waals surface area contributed by atoms with E-state index >= 15 is 0 Å². The van der Waals surface area contributed by atoms with Crippen molar-refractivity contribution in [1.82, 2.24) is 9.55 Å². The second-order valence-electron chi connectivity index (χ2n) is 4.71. The molecule has 0 saturated carbocycles. The zero-order chi connectivity index (χ0) is 15.0. The Morgan fingerprint density at radius 1 is 1.38 bits per heavy atom. The Kier molecular flexibility index (Phi) is 3.35. The van der Waals surface area contributed by atoms with Crippen LogP contribution in [0.1, 0.15) is 23.0 Å². The van der Waals surface area contributed by atoms with Gasteiger partial charge in [0.2, 0.25) is 11.5 Å². The van der Waals surface area contributed by atoms with Gasteiger partial charge >= 0.3 is 0 Å². The maximum atomic E-state index is 12.3. The van der Waals surface area contributed by atoms with E-state index in [0.29, 0.717) is 17.3 Å². The fraction of sp³-hybridized carbons (Fsp3) is 0.133. The number of aromatic nitrogens is 3. The molecule has 0 aliphatic heterocycles. The monoisotopic (exact) mass is 301 g/mol. The quantitative estimate of drug-likeness (QED) is 0.419. The van der Waals surface area contributed by atoms with E-state index in [4.69, 9.17) is 11.6 Å². The van der Waals surface area contributed by atoms with E-state index in [1.807, 2.05) is 12.1 Å². The Balaban J connectivity index is 2.18. The molecule has 0 aliphatic rings. The van der Waals surface area contributed by atoms with Gasteiger partial charge in [0, 0.05) is 24.8 Å². The highest BCUT2D eigenvalue weighted by Gasteiger charge is 2.23. The summed E-state index contributed by atoms with van der Waals surface area (Å²) < 4.78 is 3.18. The van der Waals surface area contributed by atoms with Gasteiger partial charge in [0.05, 0.1) is 6.20 Å². The number of ketones is 1. The first-order valence-electron chi connectivity index (χ1n) is 6.39. The van der Waals surface area contributed by atoms with Crippen LogP contribution in [0.3, 0.4) is 0 Å². The Bertz CT molecular complexity index is 825. The Morgan fingerprint density at radius 2 is 2.19 bits per heavy atom. The van der Waals surface area contributed by atoms with Gasteiger partial charge in [0.15, 0.2) is 0 Å². The minimum atomic E-state index is -0.306. The van der Waals surface area contributed by atoms with Crippen molar-refractivity contribution in [2.24, 2.45) is 0 Å². The summed E-state index contributed by atoms with van der Waals surface area (Å²) in [7, 11) is 0. The summed E-state index contributed by atoms with van der Waals surface area (Å²) in [4.78, 5) is 15.8. The third kappa shape index (κ3) is 2.36. The van der Waals surface area contributed by atoms with Crippen molar-refractivity contribution < 1.29 is 14.3 Å². The molecule has 6 heteroatoms. The van der Waals surface area contributed by atoms with E-state index in [0.717, 1.165) is 5.56 Å². The molecule has 0 spiro atoms. The molecule has 0 radical (unpaired) electrons. The molecule has 0 saturated heterocycles. The molecule has 21 heavy (non-hydrogen) atoms. The first kappa shape index (κ1) is 13.6. The summed E-state index contributed by atoms with van der Waals surface area (Å²) in [5, 5.41) is 12.7. The molecule has 106 valence electrons. The first-order chi connectivity index (χ1) is 10.1. The van der Waals surface area contributed by atoms with Gasteiger partial charge in [-0.3, -0.25) is 4.79 Å². The molecule has 3 rings (SSSR count).